The van der Waals surface area contributed by atoms with Crippen molar-refractivity contribution in [1.82, 2.24) is 15.2 Å². The molecule has 1 aromatic rings. The Morgan fingerprint density at radius 1 is 1.40 bits per heavy atom. The second kappa shape index (κ2) is 5.38. The zero-order valence-electron chi connectivity index (χ0n) is 10.7. The fraction of sp³-hybridized carbons (Fsp3) is 0.462. The maximum absolute atomic E-state index is 12.5. The lowest BCUT2D eigenvalue weighted by Crippen LogP contribution is -2.44. The summed E-state index contributed by atoms with van der Waals surface area (Å²) in [5, 5.41) is 3.31. The van der Waals surface area contributed by atoms with Crippen molar-refractivity contribution < 1.29 is 14.3 Å². The van der Waals surface area contributed by atoms with Crippen LogP contribution in [-0.2, 0) is 9.53 Å². The molecule has 2 bridgehead atoms. The van der Waals surface area contributed by atoms with Crippen molar-refractivity contribution in [2.75, 3.05) is 26.3 Å². The van der Waals surface area contributed by atoms with E-state index in [4.69, 9.17) is 16.3 Å². The van der Waals surface area contributed by atoms with Crippen LogP contribution in [0.25, 0.3) is 0 Å². The minimum Gasteiger partial charge on any atom is -0.378 e. The third-order valence-electron chi connectivity index (χ3n) is 3.48. The molecule has 20 heavy (non-hydrogen) atoms. The highest BCUT2D eigenvalue weighted by molar-refractivity contribution is 6.30. The normalized spacial score (nSPS) is 25.9. The average Bonchev–Trinajstić information content (AvgIpc) is 2.66. The van der Waals surface area contributed by atoms with Gasteiger partial charge in [0.25, 0.3) is 5.91 Å². The number of nitrogens with zero attached hydrogens (tertiary/aromatic N) is 2. The molecule has 2 atom stereocenters. The van der Waals surface area contributed by atoms with Gasteiger partial charge in [-0.2, -0.15) is 0 Å². The molecular weight excluding hydrogens is 282 g/mol. The molecule has 0 aliphatic carbocycles. The summed E-state index contributed by atoms with van der Waals surface area (Å²) in [7, 11) is 0. The average molecular weight is 296 g/mol. The van der Waals surface area contributed by atoms with Crippen molar-refractivity contribution in [2.24, 2.45) is 5.92 Å². The van der Waals surface area contributed by atoms with Crippen LogP contribution in [0.15, 0.2) is 18.5 Å². The first kappa shape index (κ1) is 13.3. The molecule has 1 N–H and O–H groups in total. The molecule has 3 rings (SSSR count). The number of hydrogen-bond acceptors (Lipinski definition) is 4. The second-order valence-electron chi connectivity index (χ2n) is 5.04. The molecule has 0 saturated carbocycles. The van der Waals surface area contributed by atoms with Gasteiger partial charge in [0.2, 0.25) is 5.91 Å². The van der Waals surface area contributed by atoms with Gasteiger partial charge in [-0.3, -0.25) is 14.6 Å². The summed E-state index contributed by atoms with van der Waals surface area (Å²) in [4.78, 5) is 30.0. The lowest BCUT2D eigenvalue weighted by molar-refractivity contribution is -0.125. The van der Waals surface area contributed by atoms with Gasteiger partial charge in [-0.25, -0.2) is 0 Å². The number of fused-ring (bicyclic) bond motifs is 3. The third-order valence-corrected chi connectivity index (χ3v) is 3.68. The number of rotatable bonds is 1. The Morgan fingerprint density at radius 3 is 3.05 bits per heavy atom. The molecule has 0 spiro atoms. The predicted molar refractivity (Wildman–Crippen MR) is 71.4 cm³/mol. The third kappa shape index (κ3) is 2.62. The number of hydrogen-bond donors (Lipinski definition) is 1. The van der Waals surface area contributed by atoms with E-state index in [-0.39, 0.29) is 23.8 Å². The van der Waals surface area contributed by atoms with Gasteiger partial charge in [0.15, 0.2) is 0 Å². The number of ether oxygens (including phenoxy) is 1. The summed E-state index contributed by atoms with van der Waals surface area (Å²) >= 11 is 5.86. The van der Waals surface area contributed by atoms with E-state index in [9.17, 15) is 9.59 Å². The molecule has 2 aliphatic rings. The lowest BCUT2D eigenvalue weighted by atomic mass is 10.1. The summed E-state index contributed by atoms with van der Waals surface area (Å²) in [5.74, 6) is -0.529. The van der Waals surface area contributed by atoms with E-state index in [0.29, 0.717) is 36.9 Å². The van der Waals surface area contributed by atoms with Gasteiger partial charge in [0, 0.05) is 25.5 Å². The Morgan fingerprint density at radius 2 is 2.25 bits per heavy atom. The van der Waals surface area contributed by atoms with Gasteiger partial charge < -0.3 is 15.0 Å². The van der Waals surface area contributed by atoms with E-state index >= 15 is 0 Å². The molecule has 0 aromatic carbocycles. The van der Waals surface area contributed by atoms with Crippen LogP contribution in [0.1, 0.15) is 10.4 Å². The van der Waals surface area contributed by atoms with E-state index in [1.54, 1.807) is 11.0 Å². The first-order valence-corrected chi connectivity index (χ1v) is 6.79. The van der Waals surface area contributed by atoms with Crippen molar-refractivity contribution in [3.8, 4) is 0 Å². The highest BCUT2D eigenvalue weighted by Gasteiger charge is 2.35. The summed E-state index contributed by atoms with van der Waals surface area (Å²) in [6.45, 7) is 1.57. The number of halogens is 1. The fourth-order valence-corrected chi connectivity index (χ4v) is 2.68. The zero-order chi connectivity index (χ0) is 14.1. The maximum Gasteiger partial charge on any atom is 0.255 e. The van der Waals surface area contributed by atoms with Gasteiger partial charge in [-0.05, 0) is 6.07 Å². The van der Waals surface area contributed by atoms with E-state index in [2.05, 4.69) is 10.3 Å². The van der Waals surface area contributed by atoms with Crippen LogP contribution in [0.2, 0.25) is 5.02 Å². The zero-order valence-corrected chi connectivity index (χ0v) is 11.5. The first-order chi connectivity index (χ1) is 9.63. The Balaban J connectivity index is 1.83. The quantitative estimate of drug-likeness (QED) is 0.810. The molecule has 1 aromatic heterocycles. The molecule has 2 fully saturated rings. The van der Waals surface area contributed by atoms with Crippen molar-refractivity contribution in [2.45, 2.75) is 6.04 Å². The number of pyridine rings is 1. The van der Waals surface area contributed by atoms with E-state index in [0.717, 1.165) is 0 Å². The van der Waals surface area contributed by atoms with Crippen molar-refractivity contribution in [3.05, 3.63) is 29.0 Å². The largest absolute Gasteiger partial charge is 0.378 e. The first-order valence-electron chi connectivity index (χ1n) is 6.41. The fourth-order valence-electron chi connectivity index (χ4n) is 2.51. The molecule has 3 heterocycles. The van der Waals surface area contributed by atoms with Crippen LogP contribution < -0.4 is 5.32 Å². The molecular formula is C13H14ClN3O3. The maximum atomic E-state index is 12.5. The van der Waals surface area contributed by atoms with Gasteiger partial charge in [-0.1, -0.05) is 11.6 Å². The number of carbonyl (C=O) groups is 2. The van der Waals surface area contributed by atoms with Crippen molar-refractivity contribution >= 4 is 23.4 Å². The van der Waals surface area contributed by atoms with Gasteiger partial charge in [0.05, 0.1) is 35.8 Å². The van der Waals surface area contributed by atoms with E-state index in [1.807, 2.05) is 0 Å². The highest BCUT2D eigenvalue weighted by atomic mass is 35.5. The minimum atomic E-state index is -0.321. The predicted octanol–water partition coefficient (Wildman–Crippen LogP) is 0.322. The summed E-state index contributed by atoms with van der Waals surface area (Å²) in [6.07, 6.45) is 2.97. The van der Waals surface area contributed by atoms with Crippen molar-refractivity contribution in [3.63, 3.8) is 0 Å². The van der Waals surface area contributed by atoms with Gasteiger partial charge in [-0.15, -0.1) is 0 Å². The monoisotopic (exact) mass is 295 g/mol. The topological polar surface area (TPSA) is 71.5 Å². The summed E-state index contributed by atoms with van der Waals surface area (Å²) in [6, 6.07) is 1.43. The van der Waals surface area contributed by atoms with Crippen LogP contribution >= 0.6 is 11.6 Å². The lowest BCUT2D eigenvalue weighted by Gasteiger charge is -2.27. The van der Waals surface area contributed by atoms with E-state index < -0.39 is 0 Å². The minimum absolute atomic E-state index is 0.0491. The van der Waals surface area contributed by atoms with Crippen LogP contribution in [-0.4, -0.2) is 54.0 Å². The molecule has 2 amide bonds. The number of amides is 2. The molecule has 0 radical (unpaired) electrons. The summed E-state index contributed by atoms with van der Waals surface area (Å²) < 4.78 is 5.43. The Bertz CT molecular complexity index is 551. The molecule has 6 nitrogen and oxygen atoms in total. The number of nitrogens with one attached hydrogen (secondary N) is 1. The van der Waals surface area contributed by atoms with Gasteiger partial charge >= 0.3 is 0 Å². The standard InChI is InChI=1S/C13H14ClN3O3/c14-10-1-8(2-15-3-10)13(19)17-4-9-6-20-7-11(5-17)16-12(9)18/h1-3,9,11H,4-7H2,(H,16,18)/t9-,11+/m1/s1. The van der Waals surface area contributed by atoms with Crippen LogP contribution in [0.3, 0.4) is 0 Å². The van der Waals surface area contributed by atoms with Crippen LogP contribution in [0.4, 0.5) is 0 Å². The van der Waals surface area contributed by atoms with Crippen LogP contribution in [0, 0.1) is 5.92 Å². The Labute approximate surface area is 121 Å². The smallest absolute Gasteiger partial charge is 0.255 e. The van der Waals surface area contributed by atoms with E-state index in [1.165, 1.54) is 12.4 Å². The molecule has 7 heteroatoms. The number of aromatic nitrogens is 1. The molecule has 2 aliphatic heterocycles. The number of carbonyl (C=O) groups excluding carboxylic acids is 2. The van der Waals surface area contributed by atoms with Crippen molar-refractivity contribution in [1.29, 1.82) is 0 Å². The molecule has 2 saturated heterocycles. The van der Waals surface area contributed by atoms with Gasteiger partial charge in [0.1, 0.15) is 0 Å². The Kier molecular flexibility index (Phi) is 3.58. The molecule has 0 unspecified atom stereocenters. The SMILES string of the molecule is O=C1N[C@@H]2COC[C@H]1CN(C(=O)c1cncc(Cl)c1)C2. The second-order valence-corrected chi connectivity index (χ2v) is 5.48. The highest BCUT2D eigenvalue weighted by Crippen LogP contribution is 2.17. The molecule has 106 valence electrons. The Hall–Kier alpha value is -1.66. The summed E-state index contributed by atoms with van der Waals surface area (Å²) in [5.41, 5.74) is 0.436. The van der Waals surface area contributed by atoms with Crippen LogP contribution in [0.5, 0.6) is 0 Å².